The number of aliphatic hydroxyl groups excluding tert-OH is 1. The Kier molecular flexibility index (Phi) is 3.54. The summed E-state index contributed by atoms with van der Waals surface area (Å²) in [6.45, 7) is 1.87. The van der Waals surface area contributed by atoms with Crippen molar-refractivity contribution in [3.63, 3.8) is 0 Å². The van der Waals surface area contributed by atoms with Gasteiger partial charge in [-0.3, -0.25) is 0 Å². The Labute approximate surface area is 92.3 Å². The lowest BCUT2D eigenvalue weighted by Crippen LogP contribution is -2.02. The van der Waals surface area contributed by atoms with Gasteiger partial charge in [0, 0.05) is 5.02 Å². The van der Waals surface area contributed by atoms with Gasteiger partial charge in [-0.1, -0.05) is 23.7 Å². The van der Waals surface area contributed by atoms with Crippen molar-refractivity contribution in [3.05, 3.63) is 34.3 Å². The molecule has 1 aromatic carbocycles. The van der Waals surface area contributed by atoms with Gasteiger partial charge in [-0.15, -0.1) is 11.6 Å². The third kappa shape index (κ3) is 2.56. The summed E-state index contributed by atoms with van der Waals surface area (Å²) in [5.41, 5.74) is 1.68. The van der Waals surface area contributed by atoms with Gasteiger partial charge in [0.2, 0.25) is 0 Å². The number of hydrogen-bond donors (Lipinski definition) is 1. The first kappa shape index (κ1) is 10.8. The largest absolute Gasteiger partial charge is 0.501 e. The molecule has 0 saturated carbocycles. The fourth-order valence-corrected chi connectivity index (χ4v) is 1.36. The molecule has 70 valence electrons. The van der Waals surface area contributed by atoms with E-state index in [1.807, 2.05) is 13.0 Å². The molecule has 0 aliphatic rings. The zero-order valence-electron chi connectivity index (χ0n) is 6.92. The van der Waals surface area contributed by atoms with E-state index in [0.29, 0.717) is 5.02 Å². The summed E-state index contributed by atoms with van der Waals surface area (Å²) in [4.78, 5) is 0. The van der Waals surface area contributed by atoms with Crippen LogP contribution >= 0.6 is 35.4 Å². The number of aryl methyl sites for hydroxylation is 1. The Bertz CT molecular complexity index is 338. The summed E-state index contributed by atoms with van der Waals surface area (Å²) in [5, 5.41) is 8.83. The van der Waals surface area contributed by atoms with Crippen molar-refractivity contribution in [1.82, 2.24) is 0 Å². The van der Waals surface area contributed by atoms with E-state index in [2.05, 4.69) is 12.2 Å². The molecule has 1 nitrogen and oxygen atoms in total. The van der Waals surface area contributed by atoms with Gasteiger partial charge in [0.1, 0.15) is 5.38 Å². The second-order valence-corrected chi connectivity index (χ2v) is 3.97. The van der Waals surface area contributed by atoms with Crippen LogP contribution in [0.15, 0.2) is 18.2 Å². The standard InChI is InChI=1S/C9H8Cl2OS/c1-5-4-6(2-3-7(5)10)8(11)9(12)13/h2-4,8H,1H3,(H,12,13). The molecule has 0 aromatic heterocycles. The average molecular weight is 235 g/mol. The quantitative estimate of drug-likeness (QED) is 0.621. The smallest absolute Gasteiger partial charge is 0.179 e. The summed E-state index contributed by atoms with van der Waals surface area (Å²) >= 11 is 16.2. The SMILES string of the molecule is Cc1cc(C(Cl)C(O)=S)ccc1Cl. The number of rotatable bonds is 2. The van der Waals surface area contributed by atoms with Crippen molar-refractivity contribution in [1.29, 1.82) is 0 Å². The molecule has 0 amide bonds. The molecule has 0 bridgehead atoms. The number of alkyl halides is 1. The van der Waals surface area contributed by atoms with Crippen LogP contribution in [0.2, 0.25) is 5.02 Å². The van der Waals surface area contributed by atoms with Gasteiger partial charge < -0.3 is 5.11 Å². The molecule has 1 rings (SSSR count). The molecule has 1 atom stereocenters. The van der Waals surface area contributed by atoms with E-state index in [9.17, 15) is 0 Å². The van der Waals surface area contributed by atoms with E-state index >= 15 is 0 Å². The first-order valence-electron chi connectivity index (χ1n) is 3.65. The van der Waals surface area contributed by atoms with E-state index in [0.717, 1.165) is 11.1 Å². The lowest BCUT2D eigenvalue weighted by Gasteiger charge is -2.08. The van der Waals surface area contributed by atoms with Crippen molar-refractivity contribution in [3.8, 4) is 0 Å². The zero-order valence-corrected chi connectivity index (χ0v) is 9.25. The molecule has 13 heavy (non-hydrogen) atoms. The molecule has 0 heterocycles. The van der Waals surface area contributed by atoms with Crippen LogP contribution in [0.25, 0.3) is 0 Å². The Morgan fingerprint density at radius 3 is 2.62 bits per heavy atom. The highest BCUT2D eigenvalue weighted by Crippen LogP contribution is 2.25. The molecule has 0 radical (unpaired) electrons. The van der Waals surface area contributed by atoms with Gasteiger partial charge in [0.05, 0.1) is 0 Å². The number of halogens is 2. The van der Waals surface area contributed by atoms with Crippen LogP contribution in [0.1, 0.15) is 16.5 Å². The van der Waals surface area contributed by atoms with Gasteiger partial charge >= 0.3 is 0 Å². The molecule has 0 spiro atoms. The van der Waals surface area contributed by atoms with Gasteiger partial charge in [0.15, 0.2) is 5.05 Å². The maximum absolute atomic E-state index is 9.00. The number of hydrogen-bond acceptors (Lipinski definition) is 1. The van der Waals surface area contributed by atoms with Crippen molar-refractivity contribution in [2.45, 2.75) is 12.3 Å². The van der Waals surface area contributed by atoms with E-state index in [-0.39, 0.29) is 5.05 Å². The maximum Gasteiger partial charge on any atom is 0.179 e. The minimum atomic E-state index is -0.633. The number of benzene rings is 1. The molecule has 4 heteroatoms. The van der Waals surface area contributed by atoms with Crippen molar-refractivity contribution in [2.24, 2.45) is 0 Å². The van der Waals surface area contributed by atoms with Crippen LogP contribution in [-0.4, -0.2) is 10.2 Å². The molecule has 1 aromatic rings. The molecule has 0 saturated heterocycles. The predicted octanol–water partition coefficient (Wildman–Crippen LogP) is 3.81. The van der Waals surface area contributed by atoms with Gasteiger partial charge in [-0.05, 0) is 36.3 Å². The normalized spacial score (nSPS) is 12.5. The van der Waals surface area contributed by atoms with Crippen LogP contribution in [0.5, 0.6) is 0 Å². The molecule has 0 fully saturated rings. The van der Waals surface area contributed by atoms with E-state index in [4.69, 9.17) is 28.3 Å². The molecule has 0 aliphatic heterocycles. The molecular weight excluding hydrogens is 227 g/mol. The van der Waals surface area contributed by atoms with Crippen LogP contribution in [0.4, 0.5) is 0 Å². The molecular formula is C9H8Cl2OS. The third-order valence-electron chi connectivity index (χ3n) is 1.69. The summed E-state index contributed by atoms with van der Waals surface area (Å²) < 4.78 is 0. The summed E-state index contributed by atoms with van der Waals surface area (Å²) in [6.07, 6.45) is 0. The highest BCUT2D eigenvalue weighted by molar-refractivity contribution is 7.80. The zero-order chi connectivity index (χ0) is 10.0. The van der Waals surface area contributed by atoms with Crippen molar-refractivity contribution >= 4 is 40.5 Å². The minimum absolute atomic E-state index is 0.219. The van der Waals surface area contributed by atoms with E-state index in [1.54, 1.807) is 12.1 Å². The Balaban J connectivity index is 3.03. The molecule has 1 N–H and O–H groups in total. The van der Waals surface area contributed by atoms with Gasteiger partial charge in [-0.25, -0.2) is 0 Å². The fourth-order valence-electron chi connectivity index (χ4n) is 0.968. The lowest BCUT2D eigenvalue weighted by atomic mass is 10.1. The summed E-state index contributed by atoms with van der Waals surface area (Å²) in [5.74, 6) is 0. The highest BCUT2D eigenvalue weighted by Gasteiger charge is 2.12. The topological polar surface area (TPSA) is 20.2 Å². The number of thiocarbonyl (C=S) groups is 1. The van der Waals surface area contributed by atoms with Gasteiger partial charge in [0.25, 0.3) is 0 Å². The molecule has 1 unspecified atom stereocenters. The predicted molar refractivity (Wildman–Crippen MR) is 60.0 cm³/mol. The minimum Gasteiger partial charge on any atom is -0.501 e. The third-order valence-corrected chi connectivity index (χ3v) is 2.94. The van der Waals surface area contributed by atoms with Crippen LogP contribution in [0.3, 0.4) is 0 Å². The maximum atomic E-state index is 9.00. The van der Waals surface area contributed by atoms with Crippen LogP contribution < -0.4 is 0 Å². The van der Waals surface area contributed by atoms with Gasteiger partial charge in [-0.2, -0.15) is 0 Å². The van der Waals surface area contributed by atoms with Crippen molar-refractivity contribution in [2.75, 3.05) is 0 Å². The summed E-state index contributed by atoms with van der Waals surface area (Å²) in [7, 11) is 0. The highest BCUT2D eigenvalue weighted by atomic mass is 35.5. The first-order chi connectivity index (χ1) is 6.02. The second-order valence-electron chi connectivity index (χ2n) is 2.71. The monoisotopic (exact) mass is 234 g/mol. The Morgan fingerprint density at radius 2 is 2.15 bits per heavy atom. The van der Waals surface area contributed by atoms with Crippen LogP contribution in [-0.2, 0) is 0 Å². The fraction of sp³-hybridized carbons (Fsp3) is 0.222. The van der Waals surface area contributed by atoms with Crippen LogP contribution in [0, 0.1) is 6.92 Å². The van der Waals surface area contributed by atoms with E-state index < -0.39 is 5.38 Å². The van der Waals surface area contributed by atoms with E-state index in [1.165, 1.54) is 0 Å². The lowest BCUT2D eigenvalue weighted by molar-refractivity contribution is 0.553. The molecule has 0 aliphatic carbocycles. The first-order valence-corrected chi connectivity index (χ1v) is 4.87. The van der Waals surface area contributed by atoms with Crippen molar-refractivity contribution < 1.29 is 5.11 Å². The average Bonchev–Trinajstić information content (AvgIpc) is 2.08. The summed E-state index contributed by atoms with van der Waals surface area (Å²) in [6, 6.07) is 5.29. The Hall–Kier alpha value is -0.310. The second kappa shape index (κ2) is 4.27. The number of aliphatic hydroxyl groups is 1. The Morgan fingerprint density at radius 1 is 1.54 bits per heavy atom.